The van der Waals surface area contributed by atoms with Gasteiger partial charge in [0.25, 0.3) is 0 Å². The highest BCUT2D eigenvalue weighted by Crippen LogP contribution is 1.94. The molecule has 0 aliphatic rings. The quantitative estimate of drug-likeness (QED) is 0.608. The van der Waals surface area contributed by atoms with E-state index < -0.39 is 0 Å². The maximum atomic E-state index is 5.47. The highest BCUT2D eigenvalue weighted by atomic mass is 14.8. The number of hydrogen-bond donors (Lipinski definition) is 2. The van der Waals surface area contributed by atoms with E-state index >= 15 is 0 Å². The minimum atomic E-state index is 0.618. The van der Waals surface area contributed by atoms with E-state index in [9.17, 15) is 0 Å². The molecule has 2 heteroatoms. The normalized spacial score (nSPS) is 10.1. The Bertz CT molecular complexity index is 146. The Balaban J connectivity index is 0. The third-order valence-corrected chi connectivity index (χ3v) is 1.00. The summed E-state index contributed by atoms with van der Waals surface area (Å²) in [7, 11) is 1.79. The summed E-state index contributed by atoms with van der Waals surface area (Å²) in [4.78, 5) is 0. The molecular formula is C9H18N2. The summed E-state index contributed by atoms with van der Waals surface area (Å²) in [6.07, 6.45) is 3.23. The van der Waals surface area contributed by atoms with Crippen LogP contribution in [0.25, 0.3) is 0 Å². The van der Waals surface area contributed by atoms with Crippen LogP contribution in [0.1, 0.15) is 13.8 Å². The molecule has 0 unspecified atom stereocenters. The Kier molecular flexibility index (Phi) is 10.0. The first kappa shape index (κ1) is 12.5. The SMILES string of the molecule is C=C/C(N)=C(\C=C)NC.CC. The zero-order chi connectivity index (χ0) is 9.28. The van der Waals surface area contributed by atoms with Crippen molar-refractivity contribution in [2.75, 3.05) is 7.05 Å². The highest BCUT2D eigenvalue weighted by molar-refractivity contribution is 5.26. The Morgan fingerprint density at radius 2 is 1.73 bits per heavy atom. The van der Waals surface area contributed by atoms with E-state index in [2.05, 4.69) is 18.5 Å². The molecule has 0 aliphatic carbocycles. The van der Waals surface area contributed by atoms with Gasteiger partial charge in [-0.25, -0.2) is 0 Å². The molecule has 0 rings (SSSR count). The second kappa shape index (κ2) is 8.82. The lowest BCUT2D eigenvalue weighted by Gasteiger charge is -2.01. The predicted octanol–water partition coefficient (Wildman–Crippen LogP) is 1.77. The second-order valence-corrected chi connectivity index (χ2v) is 1.53. The maximum absolute atomic E-state index is 5.47. The Hall–Kier alpha value is -1.18. The molecule has 3 N–H and O–H groups in total. The van der Waals surface area contributed by atoms with Gasteiger partial charge in [0.15, 0.2) is 0 Å². The molecule has 0 heterocycles. The van der Waals surface area contributed by atoms with Gasteiger partial charge < -0.3 is 11.1 Å². The molecule has 2 nitrogen and oxygen atoms in total. The molecule has 0 aromatic carbocycles. The fourth-order valence-electron chi connectivity index (χ4n) is 0.474. The van der Waals surface area contributed by atoms with Crippen LogP contribution in [-0.2, 0) is 0 Å². The van der Waals surface area contributed by atoms with Gasteiger partial charge in [-0.05, 0) is 12.2 Å². The van der Waals surface area contributed by atoms with Gasteiger partial charge in [-0.3, -0.25) is 0 Å². The largest absolute Gasteiger partial charge is 0.397 e. The van der Waals surface area contributed by atoms with Gasteiger partial charge in [-0.1, -0.05) is 27.0 Å². The average Bonchev–Trinajstić information content (AvgIpc) is 2.10. The number of hydrogen-bond acceptors (Lipinski definition) is 2. The number of rotatable bonds is 3. The summed E-state index contributed by atoms with van der Waals surface area (Å²) in [5.74, 6) is 0. The number of nitrogens with one attached hydrogen (secondary N) is 1. The van der Waals surface area contributed by atoms with Crippen LogP contribution < -0.4 is 11.1 Å². The molecule has 0 aromatic rings. The lowest BCUT2D eigenvalue weighted by atomic mass is 10.3. The van der Waals surface area contributed by atoms with Crippen molar-refractivity contribution in [1.82, 2.24) is 5.32 Å². The highest BCUT2D eigenvalue weighted by Gasteiger charge is 1.88. The van der Waals surface area contributed by atoms with Gasteiger partial charge in [0.2, 0.25) is 0 Å². The van der Waals surface area contributed by atoms with Crippen molar-refractivity contribution in [1.29, 1.82) is 0 Å². The lowest BCUT2D eigenvalue weighted by molar-refractivity contribution is 1.01. The fraction of sp³-hybridized carbons (Fsp3) is 0.333. The second-order valence-electron chi connectivity index (χ2n) is 1.53. The third kappa shape index (κ3) is 5.27. The summed E-state index contributed by atoms with van der Waals surface area (Å²) in [6.45, 7) is 11.1. The summed E-state index contributed by atoms with van der Waals surface area (Å²) >= 11 is 0. The first-order valence-corrected chi connectivity index (χ1v) is 3.68. The van der Waals surface area contributed by atoms with E-state index in [1.54, 1.807) is 19.2 Å². The van der Waals surface area contributed by atoms with Crippen LogP contribution >= 0.6 is 0 Å². The predicted molar refractivity (Wildman–Crippen MR) is 52.0 cm³/mol. The summed E-state index contributed by atoms with van der Waals surface area (Å²) in [5.41, 5.74) is 6.89. The lowest BCUT2D eigenvalue weighted by Crippen LogP contribution is -2.10. The molecule has 0 aromatic heterocycles. The van der Waals surface area contributed by atoms with E-state index in [-0.39, 0.29) is 0 Å². The Morgan fingerprint density at radius 3 is 1.82 bits per heavy atom. The molecule has 0 bridgehead atoms. The van der Waals surface area contributed by atoms with Gasteiger partial charge in [-0.2, -0.15) is 0 Å². The van der Waals surface area contributed by atoms with Crippen LogP contribution in [0.3, 0.4) is 0 Å². The van der Waals surface area contributed by atoms with Crippen molar-refractivity contribution in [3.05, 3.63) is 36.7 Å². The molecule has 11 heavy (non-hydrogen) atoms. The van der Waals surface area contributed by atoms with E-state index in [0.29, 0.717) is 5.70 Å². The minimum absolute atomic E-state index is 0.618. The van der Waals surface area contributed by atoms with Crippen molar-refractivity contribution in [3.8, 4) is 0 Å². The molecular weight excluding hydrogens is 136 g/mol. The monoisotopic (exact) mass is 154 g/mol. The topological polar surface area (TPSA) is 38.0 Å². The van der Waals surface area contributed by atoms with Crippen LogP contribution in [0, 0.1) is 0 Å². The van der Waals surface area contributed by atoms with Gasteiger partial charge >= 0.3 is 0 Å². The number of allylic oxidation sites excluding steroid dienone is 2. The molecule has 0 spiro atoms. The van der Waals surface area contributed by atoms with Crippen molar-refractivity contribution < 1.29 is 0 Å². The summed E-state index contributed by atoms with van der Waals surface area (Å²) < 4.78 is 0. The molecule has 0 atom stereocenters. The van der Waals surface area contributed by atoms with Gasteiger partial charge in [-0.15, -0.1) is 0 Å². The number of nitrogens with two attached hydrogens (primary N) is 1. The standard InChI is InChI=1S/C7H12N2.C2H6/c1-4-6(8)7(5-2)9-3;1-2/h4-5,9H,1-2,8H2,3H3;1-2H3/b7-6-;. The Morgan fingerprint density at radius 1 is 1.27 bits per heavy atom. The first-order valence-electron chi connectivity index (χ1n) is 3.68. The third-order valence-electron chi connectivity index (χ3n) is 1.00. The van der Waals surface area contributed by atoms with E-state index in [1.807, 2.05) is 13.8 Å². The Labute approximate surface area is 69.5 Å². The zero-order valence-corrected chi connectivity index (χ0v) is 7.65. The molecule has 0 saturated carbocycles. The molecule has 0 amide bonds. The van der Waals surface area contributed by atoms with Crippen molar-refractivity contribution in [2.24, 2.45) is 5.73 Å². The molecule has 0 radical (unpaired) electrons. The van der Waals surface area contributed by atoms with Crippen LogP contribution in [-0.4, -0.2) is 7.05 Å². The van der Waals surface area contributed by atoms with E-state index in [1.165, 1.54) is 0 Å². The van der Waals surface area contributed by atoms with Gasteiger partial charge in [0, 0.05) is 7.05 Å². The molecule has 0 fully saturated rings. The number of likely N-dealkylation sites (N-methyl/N-ethyl adjacent to an activating group) is 1. The van der Waals surface area contributed by atoms with Crippen molar-refractivity contribution in [2.45, 2.75) is 13.8 Å². The smallest absolute Gasteiger partial charge is 0.0565 e. The molecule has 64 valence electrons. The van der Waals surface area contributed by atoms with E-state index in [0.717, 1.165) is 5.70 Å². The van der Waals surface area contributed by atoms with Crippen LogP contribution in [0.5, 0.6) is 0 Å². The molecule has 0 saturated heterocycles. The van der Waals surface area contributed by atoms with Crippen LogP contribution in [0.4, 0.5) is 0 Å². The van der Waals surface area contributed by atoms with E-state index in [4.69, 9.17) is 5.73 Å². The van der Waals surface area contributed by atoms with Crippen molar-refractivity contribution >= 4 is 0 Å². The zero-order valence-electron chi connectivity index (χ0n) is 7.65. The van der Waals surface area contributed by atoms with Crippen molar-refractivity contribution in [3.63, 3.8) is 0 Å². The van der Waals surface area contributed by atoms with Crippen LogP contribution in [0.2, 0.25) is 0 Å². The minimum Gasteiger partial charge on any atom is -0.397 e. The first-order chi connectivity index (χ1) is 5.26. The molecule has 0 aliphatic heterocycles. The van der Waals surface area contributed by atoms with Gasteiger partial charge in [0.05, 0.1) is 11.4 Å². The summed E-state index contributed by atoms with van der Waals surface area (Å²) in [5, 5.41) is 2.87. The average molecular weight is 154 g/mol. The summed E-state index contributed by atoms with van der Waals surface area (Å²) in [6, 6.07) is 0. The van der Waals surface area contributed by atoms with Gasteiger partial charge in [0.1, 0.15) is 0 Å². The fourth-order valence-corrected chi connectivity index (χ4v) is 0.474. The maximum Gasteiger partial charge on any atom is 0.0565 e. The van der Waals surface area contributed by atoms with Crippen LogP contribution in [0.15, 0.2) is 36.7 Å².